The van der Waals surface area contributed by atoms with E-state index < -0.39 is 5.41 Å². The standard InChI is InChI=1S/C19H19N3O3/c1-24-17-14(12-20)11-16(13-21-17)22-18(23)19(7-9-25-10-8-19)15-5-3-2-4-6-15/h2-6,11,13H,7-10H2,1H3,(H,22,23). The van der Waals surface area contributed by atoms with E-state index >= 15 is 0 Å². The Morgan fingerprint density at radius 1 is 1.32 bits per heavy atom. The molecule has 128 valence electrons. The average molecular weight is 337 g/mol. The molecule has 0 spiro atoms. The molecule has 25 heavy (non-hydrogen) atoms. The largest absolute Gasteiger partial charge is 0.480 e. The Hall–Kier alpha value is -2.91. The molecule has 0 aliphatic carbocycles. The minimum Gasteiger partial charge on any atom is -0.480 e. The summed E-state index contributed by atoms with van der Waals surface area (Å²) in [5.74, 6) is 0.127. The summed E-state index contributed by atoms with van der Waals surface area (Å²) >= 11 is 0. The van der Waals surface area contributed by atoms with Gasteiger partial charge in [0.05, 0.1) is 24.4 Å². The Morgan fingerprint density at radius 3 is 2.68 bits per heavy atom. The lowest BCUT2D eigenvalue weighted by Gasteiger charge is -2.36. The Labute approximate surface area is 146 Å². The number of carbonyl (C=O) groups is 1. The molecule has 0 radical (unpaired) electrons. The van der Waals surface area contributed by atoms with Gasteiger partial charge in [0.1, 0.15) is 11.6 Å². The van der Waals surface area contributed by atoms with Crippen LogP contribution in [0.2, 0.25) is 0 Å². The summed E-state index contributed by atoms with van der Waals surface area (Å²) in [6.45, 7) is 1.07. The van der Waals surface area contributed by atoms with Gasteiger partial charge in [-0.3, -0.25) is 4.79 Å². The molecular formula is C19H19N3O3. The maximum atomic E-state index is 13.1. The van der Waals surface area contributed by atoms with Crippen LogP contribution < -0.4 is 10.1 Å². The first-order chi connectivity index (χ1) is 12.2. The van der Waals surface area contributed by atoms with Crippen molar-refractivity contribution in [2.24, 2.45) is 0 Å². The van der Waals surface area contributed by atoms with Crippen molar-refractivity contribution in [1.82, 2.24) is 4.98 Å². The second-order valence-corrected chi connectivity index (χ2v) is 5.91. The van der Waals surface area contributed by atoms with Crippen LogP contribution in [0.25, 0.3) is 0 Å². The summed E-state index contributed by atoms with van der Waals surface area (Å²) in [6, 6.07) is 13.3. The highest BCUT2D eigenvalue weighted by Gasteiger charge is 2.41. The lowest BCUT2D eigenvalue weighted by molar-refractivity contribution is -0.125. The van der Waals surface area contributed by atoms with Crippen molar-refractivity contribution >= 4 is 11.6 Å². The Kier molecular flexibility index (Phi) is 4.96. The topological polar surface area (TPSA) is 84.2 Å². The van der Waals surface area contributed by atoms with E-state index in [-0.39, 0.29) is 17.4 Å². The predicted octanol–water partition coefficient (Wildman–Crippen LogP) is 2.65. The van der Waals surface area contributed by atoms with Crippen LogP contribution in [0.3, 0.4) is 0 Å². The maximum Gasteiger partial charge on any atom is 0.235 e. The molecule has 6 nitrogen and oxygen atoms in total. The van der Waals surface area contributed by atoms with E-state index in [1.807, 2.05) is 36.4 Å². The molecule has 1 saturated heterocycles. The number of pyridine rings is 1. The van der Waals surface area contributed by atoms with Crippen LogP contribution in [0.5, 0.6) is 5.88 Å². The molecule has 2 aromatic rings. The number of anilines is 1. The molecule has 0 atom stereocenters. The van der Waals surface area contributed by atoms with Gasteiger partial charge in [-0.2, -0.15) is 5.26 Å². The molecule has 0 unspecified atom stereocenters. The Balaban J connectivity index is 1.91. The van der Waals surface area contributed by atoms with Crippen molar-refractivity contribution in [2.45, 2.75) is 18.3 Å². The number of benzene rings is 1. The van der Waals surface area contributed by atoms with Gasteiger partial charge in [-0.25, -0.2) is 4.98 Å². The number of nitriles is 1. The molecule has 1 aliphatic rings. The van der Waals surface area contributed by atoms with Gasteiger partial charge >= 0.3 is 0 Å². The highest BCUT2D eigenvalue weighted by atomic mass is 16.5. The molecule has 1 aliphatic heterocycles. The fourth-order valence-corrected chi connectivity index (χ4v) is 3.14. The van der Waals surface area contributed by atoms with Crippen LogP contribution >= 0.6 is 0 Å². The van der Waals surface area contributed by atoms with E-state index in [0.717, 1.165) is 5.56 Å². The maximum absolute atomic E-state index is 13.1. The molecule has 1 fully saturated rings. The minimum absolute atomic E-state index is 0.113. The number of carbonyl (C=O) groups excluding carboxylic acids is 1. The summed E-state index contributed by atoms with van der Waals surface area (Å²) in [7, 11) is 1.45. The smallest absolute Gasteiger partial charge is 0.235 e. The van der Waals surface area contributed by atoms with Gasteiger partial charge in [0.2, 0.25) is 11.8 Å². The van der Waals surface area contributed by atoms with Crippen molar-refractivity contribution in [1.29, 1.82) is 5.26 Å². The average Bonchev–Trinajstić information content (AvgIpc) is 2.69. The second-order valence-electron chi connectivity index (χ2n) is 5.91. The number of amides is 1. The zero-order valence-electron chi connectivity index (χ0n) is 14.0. The molecule has 1 amide bonds. The van der Waals surface area contributed by atoms with Gasteiger partial charge in [0.25, 0.3) is 0 Å². The van der Waals surface area contributed by atoms with Gasteiger partial charge in [0.15, 0.2) is 0 Å². The normalized spacial score (nSPS) is 15.8. The number of hydrogen-bond acceptors (Lipinski definition) is 5. The number of ether oxygens (including phenoxy) is 2. The fourth-order valence-electron chi connectivity index (χ4n) is 3.14. The number of nitrogens with zero attached hydrogens (tertiary/aromatic N) is 2. The molecule has 1 aromatic carbocycles. The van der Waals surface area contributed by atoms with Crippen LogP contribution in [0.1, 0.15) is 24.0 Å². The molecule has 0 bridgehead atoms. The van der Waals surface area contributed by atoms with E-state index in [9.17, 15) is 10.1 Å². The number of aromatic nitrogens is 1. The first kappa shape index (κ1) is 16.9. The number of nitrogens with one attached hydrogen (secondary N) is 1. The highest BCUT2D eigenvalue weighted by Crippen LogP contribution is 2.36. The van der Waals surface area contributed by atoms with Crippen LogP contribution in [0.4, 0.5) is 5.69 Å². The lowest BCUT2D eigenvalue weighted by atomic mass is 9.73. The van der Waals surface area contributed by atoms with Crippen molar-refractivity contribution in [3.63, 3.8) is 0 Å². The Bertz CT molecular complexity index is 793. The van der Waals surface area contributed by atoms with Crippen LogP contribution in [0.15, 0.2) is 42.6 Å². The molecule has 2 heterocycles. The zero-order valence-corrected chi connectivity index (χ0v) is 14.0. The van der Waals surface area contributed by atoms with Crippen LogP contribution in [-0.2, 0) is 14.9 Å². The minimum atomic E-state index is -0.647. The van der Waals surface area contributed by atoms with Gasteiger partial charge < -0.3 is 14.8 Å². The van der Waals surface area contributed by atoms with Crippen LogP contribution in [-0.4, -0.2) is 31.2 Å². The molecule has 1 N–H and O–H groups in total. The quantitative estimate of drug-likeness (QED) is 0.927. The first-order valence-electron chi connectivity index (χ1n) is 8.08. The highest BCUT2D eigenvalue weighted by molar-refractivity contribution is 5.99. The third-order valence-electron chi connectivity index (χ3n) is 4.53. The second kappa shape index (κ2) is 7.32. The van der Waals surface area contributed by atoms with E-state index in [2.05, 4.69) is 10.3 Å². The summed E-state index contributed by atoms with van der Waals surface area (Å²) in [5, 5.41) is 12.1. The van der Waals surface area contributed by atoms with Crippen molar-refractivity contribution in [3.8, 4) is 11.9 Å². The van der Waals surface area contributed by atoms with E-state index in [1.54, 1.807) is 6.07 Å². The van der Waals surface area contributed by atoms with E-state index in [1.165, 1.54) is 13.3 Å². The third-order valence-corrected chi connectivity index (χ3v) is 4.53. The summed E-state index contributed by atoms with van der Waals surface area (Å²) in [4.78, 5) is 17.2. The number of hydrogen-bond donors (Lipinski definition) is 1. The monoisotopic (exact) mass is 337 g/mol. The van der Waals surface area contributed by atoms with Gasteiger partial charge in [0, 0.05) is 13.2 Å². The molecule has 1 aromatic heterocycles. The van der Waals surface area contributed by atoms with Crippen molar-refractivity contribution in [3.05, 3.63) is 53.7 Å². The third kappa shape index (κ3) is 3.32. The molecule has 0 saturated carbocycles. The zero-order chi connectivity index (χ0) is 17.7. The predicted molar refractivity (Wildman–Crippen MR) is 92.3 cm³/mol. The van der Waals surface area contributed by atoms with E-state index in [4.69, 9.17) is 9.47 Å². The number of methoxy groups -OCH3 is 1. The molecule has 3 rings (SSSR count). The molecular weight excluding hydrogens is 318 g/mol. The van der Waals surface area contributed by atoms with Crippen molar-refractivity contribution < 1.29 is 14.3 Å². The first-order valence-corrected chi connectivity index (χ1v) is 8.08. The van der Waals surface area contributed by atoms with Crippen LogP contribution in [0, 0.1) is 11.3 Å². The summed E-state index contributed by atoms with van der Waals surface area (Å²) < 4.78 is 10.5. The van der Waals surface area contributed by atoms with E-state index in [0.29, 0.717) is 31.7 Å². The van der Waals surface area contributed by atoms with Gasteiger partial charge in [-0.05, 0) is 24.5 Å². The molecule has 6 heteroatoms. The summed E-state index contributed by atoms with van der Waals surface area (Å²) in [6.07, 6.45) is 2.71. The number of rotatable bonds is 4. The fraction of sp³-hybridized carbons (Fsp3) is 0.316. The Morgan fingerprint density at radius 2 is 2.04 bits per heavy atom. The van der Waals surface area contributed by atoms with Gasteiger partial charge in [-0.15, -0.1) is 0 Å². The van der Waals surface area contributed by atoms with Crippen molar-refractivity contribution in [2.75, 3.05) is 25.6 Å². The lowest BCUT2D eigenvalue weighted by Crippen LogP contribution is -2.44. The SMILES string of the molecule is COc1ncc(NC(=O)C2(c3ccccc3)CCOCC2)cc1C#N. The summed E-state index contributed by atoms with van der Waals surface area (Å²) in [5.41, 5.74) is 1.08. The van der Waals surface area contributed by atoms with Gasteiger partial charge in [-0.1, -0.05) is 30.3 Å².